The maximum atomic E-state index is 11.7. The van der Waals surface area contributed by atoms with Gasteiger partial charge >= 0.3 is 0 Å². The van der Waals surface area contributed by atoms with Gasteiger partial charge in [-0.3, -0.25) is 0 Å². The van der Waals surface area contributed by atoms with Gasteiger partial charge in [0.15, 0.2) is 0 Å². The maximum absolute atomic E-state index is 11.7. The van der Waals surface area contributed by atoms with E-state index in [1.165, 1.54) is 0 Å². The molecule has 0 rings (SSSR count). The summed E-state index contributed by atoms with van der Waals surface area (Å²) >= 11 is 1.73. The molecule has 0 aromatic heterocycles. The number of thioether (sulfide) groups is 1. The van der Waals surface area contributed by atoms with Crippen molar-refractivity contribution in [3.63, 3.8) is 0 Å². The molecule has 0 aliphatic rings. The van der Waals surface area contributed by atoms with Crippen LogP contribution in [0.5, 0.6) is 0 Å². The van der Waals surface area contributed by atoms with Crippen molar-refractivity contribution in [1.29, 1.82) is 0 Å². The fourth-order valence-corrected chi connectivity index (χ4v) is 3.03. The van der Waals surface area contributed by atoms with E-state index in [1.54, 1.807) is 25.7 Å². The van der Waals surface area contributed by atoms with Crippen LogP contribution in [0.1, 0.15) is 20.3 Å². The first-order chi connectivity index (χ1) is 6.94. The van der Waals surface area contributed by atoms with Crippen LogP contribution in [0.15, 0.2) is 0 Å². The molecule has 92 valence electrons. The Balaban J connectivity index is 4.12. The first-order valence-electron chi connectivity index (χ1n) is 5.08. The molecule has 0 aromatic rings. The summed E-state index contributed by atoms with van der Waals surface area (Å²) in [4.78, 5) is 0. The summed E-state index contributed by atoms with van der Waals surface area (Å²) in [5, 5.41) is 2.48. The number of sulfonamides is 1. The molecule has 4 nitrogen and oxygen atoms in total. The minimum absolute atomic E-state index is 0.0155. The molecule has 0 spiro atoms. The predicted octanol–water partition coefficient (Wildman–Crippen LogP) is 0.655. The van der Waals surface area contributed by atoms with Crippen molar-refractivity contribution < 1.29 is 8.42 Å². The van der Waals surface area contributed by atoms with Crippen molar-refractivity contribution in [2.75, 3.05) is 25.6 Å². The Hall–Kier alpha value is 0.220. The third kappa shape index (κ3) is 6.40. The predicted molar refractivity (Wildman–Crippen MR) is 67.9 cm³/mol. The molecule has 0 heterocycles. The molecule has 2 atom stereocenters. The molecule has 0 saturated heterocycles. The fraction of sp³-hybridized carbons (Fsp3) is 1.00. The van der Waals surface area contributed by atoms with Gasteiger partial charge in [-0.15, -0.1) is 0 Å². The van der Waals surface area contributed by atoms with Gasteiger partial charge in [0.05, 0.1) is 5.25 Å². The summed E-state index contributed by atoms with van der Waals surface area (Å²) in [6.45, 7) is 4.09. The van der Waals surface area contributed by atoms with Crippen LogP contribution in [-0.4, -0.2) is 45.3 Å². The van der Waals surface area contributed by atoms with Crippen molar-refractivity contribution in [3.05, 3.63) is 0 Å². The first kappa shape index (κ1) is 15.2. The average molecular weight is 254 g/mol. The van der Waals surface area contributed by atoms with E-state index in [-0.39, 0.29) is 11.3 Å². The standard InChI is InChI=1S/C9H22N2O2S2/c1-8(5-6-14-4)11-15(12,13)9(2)7-10-3/h8-11H,5-7H2,1-4H3. The van der Waals surface area contributed by atoms with Crippen molar-refractivity contribution >= 4 is 21.8 Å². The zero-order valence-corrected chi connectivity index (χ0v) is 11.5. The third-order valence-corrected chi connectivity index (χ3v) is 4.74. The molecule has 2 N–H and O–H groups in total. The molecule has 0 bridgehead atoms. The Kier molecular flexibility index (Phi) is 7.60. The minimum atomic E-state index is -3.17. The largest absolute Gasteiger partial charge is 0.318 e. The van der Waals surface area contributed by atoms with E-state index in [4.69, 9.17) is 0 Å². The second-order valence-corrected chi connectivity index (χ2v) is 6.83. The molecular formula is C9H22N2O2S2. The zero-order valence-electron chi connectivity index (χ0n) is 9.91. The van der Waals surface area contributed by atoms with Crippen LogP contribution in [-0.2, 0) is 10.0 Å². The second-order valence-electron chi connectivity index (χ2n) is 3.71. The quantitative estimate of drug-likeness (QED) is 0.668. The van der Waals surface area contributed by atoms with Crippen molar-refractivity contribution in [2.45, 2.75) is 31.6 Å². The molecule has 15 heavy (non-hydrogen) atoms. The topological polar surface area (TPSA) is 58.2 Å². The fourth-order valence-electron chi connectivity index (χ4n) is 1.15. The van der Waals surface area contributed by atoms with E-state index < -0.39 is 10.0 Å². The van der Waals surface area contributed by atoms with Gasteiger partial charge in [0.25, 0.3) is 0 Å². The lowest BCUT2D eigenvalue weighted by atomic mass is 10.3. The zero-order chi connectivity index (χ0) is 11.9. The highest BCUT2D eigenvalue weighted by atomic mass is 32.2. The second kappa shape index (κ2) is 7.49. The number of nitrogens with one attached hydrogen (secondary N) is 2. The summed E-state index contributed by atoms with van der Waals surface area (Å²) in [6.07, 6.45) is 2.89. The molecular weight excluding hydrogens is 232 g/mol. The molecule has 0 aromatic carbocycles. The molecule has 0 radical (unpaired) electrons. The monoisotopic (exact) mass is 254 g/mol. The van der Waals surface area contributed by atoms with Gasteiger partial charge in [0.1, 0.15) is 0 Å². The summed E-state index contributed by atoms with van der Waals surface area (Å²) in [6, 6.07) is 0.0155. The molecule has 0 saturated carbocycles. The SMILES string of the molecule is CNCC(C)S(=O)(=O)NC(C)CCSC. The van der Waals surface area contributed by atoms with E-state index >= 15 is 0 Å². The van der Waals surface area contributed by atoms with E-state index in [9.17, 15) is 8.42 Å². The van der Waals surface area contributed by atoms with Crippen LogP contribution < -0.4 is 10.0 Å². The average Bonchev–Trinajstić information content (AvgIpc) is 2.14. The van der Waals surface area contributed by atoms with Crippen LogP contribution in [0.3, 0.4) is 0 Å². The molecule has 0 fully saturated rings. The molecule has 0 aliphatic carbocycles. The van der Waals surface area contributed by atoms with E-state index in [2.05, 4.69) is 10.0 Å². The lowest BCUT2D eigenvalue weighted by Gasteiger charge is -2.17. The van der Waals surface area contributed by atoms with Crippen LogP contribution >= 0.6 is 11.8 Å². The van der Waals surface area contributed by atoms with Gasteiger partial charge < -0.3 is 5.32 Å². The third-order valence-electron chi connectivity index (χ3n) is 2.14. The van der Waals surface area contributed by atoms with Crippen LogP contribution in [0, 0.1) is 0 Å². The van der Waals surface area contributed by atoms with Crippen LogP contribution in [0.25, 0.3) is 0 Å². The lowest BCUT2D eigenvalue weighted by molar-refractivity contribution is 0.541. The Morgan fingerprint density at radius 1 is 1.33 bits per heavy atom. The Morgan fingerprint density at radius 3 is 2.40 bits per heavy atom. The van der Waals surface area contributed by atoms with Gasteiger partial charge in [-0.25, -0.2) is 13.1 Å². The highest BCUT2D eigenvalue weighted by Crippen LogP contribution is 2.04. The maximum Gasteiger partial charge on any atom is 0.215 e. The first-order valence-corrected chi connectivity index (χ1v) is 8.02. The number of hydrogen-bond acceptors (Lipinski definition) is 4. The lowest BCUT2D eigenvalue weighted by Crippen LogP contribution is -2.42. The van der Waals surface area contributed by atoms with Gasteiger partial charge in [-0.2, -0.15) is 11.8 Å². The van der Waals surface area contributed by atoms with Crippen molar-refractivity contribution in [3.8, 4) is 0 Å². The van der Waals surface area contributed by atoms with Gasteiger partial charge in [0.2, 0.25) is 10.0 Å². The summed E-state index contributed by atoms with van der Waals surface area (Å²) in [5.41, 5.74) is 0. The van der Waals surface area contributed by atoms with Crippen molar-refractivity contribution in [2.24, 2.45) is 0 Å². The normalized spacial score (nSPS) is 16.3. The summed E-state index contributed by atoms with van der Waals surface area (Å²) < 4.78 is 26.2. The molecule has 2 unspecified atom stereocenters. The van der Waals surface area contributed by atoms with E-state index in [1.807, 2.05) is 13.2 Å². The van der Waals surface area contributed by atoms with Gasteiger partial charge in [-0.05, 0) is 39.3 Å². The highest BCUT2D eigenvalue weighted by Gasteiger charge is 2.21. The van der Waals surface area contributed by atoms with Gasteiger partial charge in [-0.1, -0.05) is 0 Å². The molecule has 0 amide bonds. The van der Waals surface area contributed by atoms with Crippen LogP contribution in [0.4, 0.5) is 0 Å². The van der Waals surface area contributed by atoms with E-state index in [0.717, 1.165) is 12.2 Å². The highest BCUT2D eigenvalue weighted by molar-refractivity contribution is 7.98. The Labute approximate surface area is 97.6 Å². The smallest absolute Gasteiger partial charge is 0.215 e. The van der Waals surface area contributed by atoms with Crippen molar-refractivity contribution in [1.82, 2.24) is 10.0 Å². The molecule has 0 aliphatic heterocycles. The van der Waals surface area contributed by atoms with Crippen LogP contribution in [0.2, 0.25) is 0 Å². The Bertz CT molecular complexity index is 255. The Morgan fingerprint density at radius 2 is 1.93 bits per heavy atom. The number of rotatable bonds is 8. The summed E-state index contributed by atoms with van der Waals surface area (Å²) in [5.74, 6) is 0.976. The number of hydrogen-bond donors (Lipinski definition) is 2. The molecule has 6 heteroatoms. The van der Waals surface area contributed by atoms with E-state index in [0.29, 0.717) is 6.54 Å². The minimum Gasteiger partial charge on any atom is -0.318 e. The summed E-state index contributed by atoms with van der Waals surface area (Å²) in [7, 11) is -1.42. The van der Waals surface area contributed by atoms with Gasteiger partial charge in [0, 0.05) is 12.6 Å².